The maximum atomic E-state index is 12.7. The highest BCUT2D eigenvalue weighted by atomic mass is 32.2. The SMILES string of the molecule is O=S(=O)(Cc1ccc2nonc2c1)N1CCc2ccccc2C1. The molecule has 0 aliphatic carbocycles. The monoisotopic (exact) mass is 329 g/mol. The van der Waals surface area contributed by atoms with Crippen molar-refractivity contribution in [2.75, 3.05) is 6.54 Å². The van der Waals surface area contributed by atoms with E-state index in [1.165, 1.54) is 5.56 Å². The second-order valence-electron chi connectivity index (χ2n) is 5.70. The van der Waals surface area contributed by atoms with Crippen LogP contribution < -0.4 is 0 Å². The molecule has 0 saturated carbocycles. The number of benzene rings is 2. The van der Waals surface area contributed by atoms with E-state index in [9.17, 15) is 8.42 Å². The van der Waals surface area contributed by atoms with Crippen molar-refractivity contribution in [1.82, 2.24) is 14.6 Å². The van der Waals surface area contributed by atoms with Gasteiger partial charge in [-0.3, -0.25) is 0 Å². The molecule has 4 rings (SSSR count). The largest absolute Gasteiger partial charge is 0.243 e. The van der Waals surface area contributed by atoms with Gasteiger partial charge in [-0.2, -0.15) is 4.31 Å². The molecule has 0 bridgehead atoms. The van der Waals surface area contributed by atoms with E-state index in [-0.39, 0.29) is 5.75 Å². The van der Waals surface area contributed by atoms with Gasteiger partial charge in [0.25, 0.3) is 0 Å². The third-order valence-electron chi connectivity index (χ3n) is 4.16. The van der Waals surface area contributed by atoms with E-state index in [0.29, 0.717) is 29.7 Å². The Morgan fingerprint density at radius 2 is 1.83 bits per heavy atom. The molecule has 0 saturated heterocycles. The molecule has 0 radical (unpaired) electrons. The molecule has 3 aromatic rings. The summed E-state index contributed by atoms with van der Waals surface area (Å²) in [6.07, 6.45) is 0.752. The molecule has 118 valence electrons. The lowest BCUT2D eigenvalue weighted by Gasteiger charge is -2.28. The summed E-state index contributed by atoms with van der Waals surface area (Å²) in [6, 6.07) is 13.2. The zero-order valence-corrected chi connectivity index (χ0v) is 13.2. The van der Waals surface area contributed by atoms with Gasteiger partial charge in [-0.25, -0.2) is 13.0 Å². The number of fused-ring (bicyclic) bond motifs is 2. The minimum atomic E-state index is -3.38. The van der Waals surface area contributed by atoms with Gasteiger partial charge in [0.05, 0.1) is 5.75 Å². The van der Waals surface area contributed by atoms with Gasteiger partial charge in [0, 0.05) is 13.1 Å². The third-order valence-corrected chi connectivity index (χ3v) is 5.95. The fraction of sp³-hybridized carbons (Fsp3) is 0.250. The van der Waals surface area contributed by atoms with Gasteiger partial charge >= 0.3 is 0 Å². The molecule has 0 atom stereocenters. The number of hydrogen-bond donors (Lipinski definition) is 0. The summed E-state index contributed by atoms with van der Waals surface area (Å²) in [5.41, 5.74) is 4.19. The third kappa shape index (κ3) is 2.73. The maximum Gasteiger partial charge on any atom is 0.218 e. The van der Waals surface area contributed by atoms with Crippen LogP contribution in [-0.4, -0.2) is 29.6 Å². The summed E-state index contributed by atoms with van der Waals surface area (Å²) in [6.45, 7) is 0.958. The van der Waals surface area contributed by atoms with Crippen molar-refractivity contribution in [3.63, 3.8) is 0 Å². The summed E-state index contributed by atoms with van der Waals surface area (Å²) in [5, 5.41) is 7.48. The maximum absolute atomic E-state index is 12.7. The van der Waals surface area contributed by atoms with Crippen molar-refractivity contribution >= 4 is 21.1 Å². The first-order chi connectivity index (χ1) is 11.1. The minimum Gasteiger partial charge on any atom is -0.243 e. The van der Waals surface area contributed by atoms with Crippen molar-refractivity contribution < 1.29 is 13.0 Å². The molecule has 1 aliphatic heterocycles. The van der Waals surface area contributed by atoms with Crippen LogP contribution in [0.25, 0.3) is 11.0 Å². The number of sulfonamides is 1. The molecule has 0 spiro atoms. The van der Waals surface area contributed by atoms with Gasteiger partial charge in [0.15, 0.2) is 0 Å². The molecule has 23 heavy (non-hydrogen) atoms. The lowest BCUT2D eigenvalue weighted by Crippen LogP contribution is -2.36. The van der Waals surface area contributed by atoms with Gasteiger partial charge in [-0.1, -0.05) is 30.3 Å². The number of aromatic nitrogens is 2. The molecule has 2 heterocycles. The Labute approximate surface area is 133 Å². The van der Waals surface area contributed by atoms with E-state index >= 15 is 0 Å². The second kappa shape index (κ2) is 5.43. The topological polar surface area (TPSA) is 76.3 Å². The Kier molecular flexibility index (Phi) is 3.39. The predicted octanol–water partition coefficient (Wildman–Crippen LogP) is 2.11. The second-order valence-corrected chi connectivity index (χ2v) is 7.66. The summed E-state index contributed by atoms with van der Waals surface area (Å²) in [5.74, 6) is -0.0437. The molecule has 0 unspecified atom stereocenters. The first-order valence-corrected chi connectivity index (χ1v) is 8.98. The van der Waals surface area contributed by atoms with Gasteiger partial charge in [-0.15, -0.1) is 0 Å². The Hall–Kier alpha value is -2.25. The summed E-state index contributed by atoms with van der Waals surface area (Å²) in [4.78, 5) is 0. The van der Waals surface area contributed by atoms with Crippen LogP contribution in [-0.2, 0) is 28.7 Å². The molecule has 0 N–H and O–H groups in total. The smallest absolute Gasteiger partial charge is 0.218 e. The first-order valence-electron chi connectivity index (χ1n) is 7.38. The van der Waals surface area contributed by atoms with E-state index in [1.54, 1.807) is 22.5 Å². The quantitative estimate of drug-likeness (QED) is 0.735. The molecule has 7 heteroatoms. The van der Waals surface area contributed by atoms with Crippen LogP contribution in [0.2, 0.25) is 0 Å². The normalized spacial score (nSPS) is 15.7. The zero-order chi connectivity index (χ0) is 15.9. The standard InChI is InChI=1S/C16H15N3O3S/c20-23(21,11-12-5-6-15-16(9-12)18-22-17-15)19-8-7-13-3-1-2-4-14(13)10-19/h1-6,9H,7-8,10-11H2. The fourth-order valence-corrected chi connectivity index (χ4v) is 4.42. The van der Waals surface area contributed by atoms with E-state index in [2.05, 4.69) is 21.0 Å². The summed E-state index contributed by atoms with van der Waals surface area (Å²) >= 11 is 0. The highest BCUT2D eigenvalue weighted by Crippen LogP contribution is 2.23. The first kappa shape index (κ1) is 14.3. The Bertz CT molecular complexity index is 965. The molecule has 2 aromatic carbocycles. The molecule has 1 aliphatic rings. The molecule has 0 amide bonds. The average Bonchev–Trinajstić information content (AvgIpc) is 3.01. The van der Waals surface area contributed by atoms with Crippen molar-refractivity contribution in [3.05, 3.63) is 59.2 Å². The Morgan fingerprint density at radius 1 is 1.04 bits per heavy atom. The highest BCUT2D eigenvalue weighted by Gasteiger charge is 2.26. The van der Waals surface area contributed by atoms with Gasteiger partial charge < -0.3 is 0 Å². The van der Waals surface area contributed by atoms with Crippen LogP contribution in [0.5, 0.6) is 0 Å². The average molecular weight is 329 g/mol. The summed E-state index contributed by atoms with van der Waals surface area (Å²) < 4.78 is 31.6. The van der Waals surface area contributed by atoms with Crippen molar-refractivity contribution in [3.8, 4) is 0 Å². The van der Waals surface area contributed by atoms with Crippen molar-refractivity contribution in [2.24, 2.45) is 0 Å². The molecular formula is C16H15N3O3S. The van der Waals surface area contributed by atoms with Crippen LogP contribution in [0.4, 0.5) is 0 Å². The predicted molar refractivity (Wildman–Crippen MR) is 85.0 cm³/mol. The van der Waals surface area contributed by atoms with E-state index < -0.39 is 10.0 Å². The molecular weight excluding hydrogens is 314 g/mol. The lowest BCUT2D eigenvalue weighted by molar-refractivity contribution is 0.315. The highest BCUT2D eigenvalue weighted by molar-refractivity contribution is 7.88. The van der Waals surface area contributed by atoms with Gasteiger partial charge in [0.1, 0.15) is 11.0 Å². The van der Waals surface area contributed by atoms with E-state index in [0.717, 1.165) is 12.0 Å². The van der Waals surface area contributed by atoms with Crippen molar-refractivity contribution in [2.45, 2.75) is 18.7 Å². The van der Waals surface area contributed by atoms with Crippen LogP contribution in [0.15, 0.2) is 47.1 Å². The van der Waals surface area contributed by atoms with Crippen LogP contribution in [0.1, 0.15) is 16.7 Å². The van der Waals surface area contributed by atoms with Gasteiger partial charge in [-0.05, 0) is 45.6 Å². The number of nitrogens with zero attached hydrogens (tertiary/aromatic N) is 3. The molecule has 6 nitrogen and oxygen atoms in total. The van der Waals surface area contributed by atoms with Gasteiger partial charge in [0.2, 0.25) is 10.0 Å². The van der Waals surface area contributed by atoms with E-state index in [4.69, 9.17) is 0 Å². The fourth-order valence-electron chi connectivity index (χ4n) is 2.93. The Morgan fingerprint density at radius 3 is 2.70 bits per heavy atom. The number of hydrogen-bond acceptors (Lipinski definition) is 5. The van der Waals surface area contributed by atoms with Crippen molar-refractivity contribution in [1.29, 1.82) is 0 Å². The lowest BCUT2D eigenvalue weighted by atomic mass is 10.0. The van der Waals surface area contributed by atoms with E-state index in [1.807, 2.05) is 18.2 Å². The summed E-state index contributed by atoms with van der Waals surface area (Å²) in [7, 11) is -3.38. The number of rotatable bonds is 3. The van der Waals surface area contributed by atoms with Crippen LogP contribution in [0, 0.1) is 0 Å². The Balaban J connectivity index is 1.58. The van der Waals surface area contributed by atoms with Crippen LogP contribution >= 0.6 is 0 Å². The minimum absolute atomic E-state index is 0.0437. The van der Waals surface area contributed by atoms with Crippen LogP contribution in [0.3, 0.4) is 0 Å². The molecule has 1 aromatic heterocycles. The zero-order valence-electron chi connectivity index (χ0n) is 12.3. The molecule has 0 fully saturated rings.